The van der Waals surface area contributed by atoms with Crippen LogP contribution in [0.15, 0.2) is 53.9 Å². The highest BCUT2D eigenvalue weighted by atomic mass is 32.1. The molecule has 2 aliphatic rings. The number of fused-ring (bicyclic) bond motifs is 1. The molecule has 148 valence electrons. The summed E-state index contributed by atoms with van der Waals surface area (Å²) in [4.78, 5) is 20.1. The van der Waals surface area contributed by atoms with E-state index in [9.17, 15) is 4.79 Å². The highest BCUT2D eigenvalue weighted by Gasteiger charge is 2.30. The number of thiazole rings is 1. The second kappa shape index (κ2) is 7.97. The number of nitrogens with zero attached hydrogens (tertiary/aromatic N) is 2. The van der Waals surface area contributed by atoms with Crippen LogP contribution in [0.5, 0.6) is 5.75 Å². The van der Waals surface area contributed by atoms with Gasteiger partial charge in [0.25, 0.3) is 0 Å². The molecule has 2 aliphatic heterocycles. The molecule has 2 aromatic carbocycles. The van der Waals surface area contributed by atoms with Crippen LogP contribution in [-0.2, 0) is 11.2 Å². The average Bonchev–Trinajstić information content (AvgIpc) is 3.50. The van der Waals surface area contributed by atoms with Crippen molar-refractivity contribution in [1.29, 1.82) is 0 Å². The first-order valence-electron chi connectivity index (χ1n) is 10.1. The van der Waals surface area contributed by atoms with Crippen molar-refractivity contribution < 1.29 is 9.53 Å². The quantitative estimate of drug-likeness (QED) is 0.678. The van der Waals surface area contributed by atoms with Gasteiger partial charge in [-0.05, 0) is 55.3 Å². The zero-order valence-electron chi connectivity index (χ0n) is 16.1. The smallest absolute Gasteiger partial charge is 0.248 e. The molecular weight excluding hydrogens is 382 g/mol. The van der Waals surface area contributed by atoms with Crippen LogP contribution < -0.4 is 10.1 Å². The highest BCUT2D eigenvalue weighted by molar-refractivity contribution is 7.14. The molecule has 1 amide bonds. The SMILES string of the molecule is O=C(Nc1nc(-c2ccc3c(c2)CCO3)cs1)C(c1ccccc1)N1CCCC1. The van der Waals surface area contributed by atoms with Crippen molar-refractivity contribution >= 4 is 22.4 Å². The molecule has 0 bridgehead atoms. The molecule has 29 heavy (non-hydrogen) atoms. The number of hydrogen-bond acceptors (Lipinski definition) is 5. The Kier molecular flexibility index (Phi) is 5.04. The van der Waals surface area contributed by atoms with E-state index in [0.29, 0.717) is 5.13 Å². The zero-order chi connectivity index (χ0) is 19.6. The highest BCUT2D eigenvalue weighted by Crippen LogP contribution is 2.33. The van der Waals surface area contributed by atoms with Crippen LogP contribution >= 0.6 is 11.3 Å². The molecule has 0 radical (unpaired) electrons. The van der Waals surface area contributed by atoms with Crippen LogP contribution in [0.2, 0.25) is 0 Å². The molecule has 6 heteroatoms. The van der Waals surface area contributed by atoms with Gasteiger partial charge >= 0.3 is 0 Å². The molecule has 1 N–H and O–H groups in total. The van der Waals surface area contributed by atoms with Gasteiger partial charge in [0.1, 0.15) is 11.8 Å². The van der Waals surface area contributed by atoms with Crippen LogP contribution in [0.1, 0.15) is 30.0 Å². The Labute approximate surface area is 174 Å². The molecule has 5 nitrogen and oxygen atoms in total. The number of anilines is 1. The Morgan fingerprint density at radius 1 is 1.14 bits per heavy atom. The monoisotopic (exact) mass is 405 g/mol. The fourth-order valence-corrected chi connectivity index (χ4v) is 4.87. The maximum atomic E-state index is 13.2. The number of ether oxygens (including phenoxy) is 1. The van der Waals surface area contributed by atoms with Crippen molar-refractivity contribution in [2.24, 2.45) is 0 Å². The normalized spacial score (nSPS) is 17.0. The number of hydrogen-bond donors (Lipinski definition) is 1. The molecule has 1 saturated heterocycles. The van der Waals surface area contributed by atoms with E-state index in [2.05, 4.69) is 21.3 Å². The topological polar surface area (TPSA) is 54.5 Å². The van der Waals surface area contributed by atoms with Gasteiger partial charge in [-0.2, -0.15) is 0 Å². The predicted octanol–water partition coefficient (Wildman–Crippen LogP) is 4.52. The number of benzene rings is 2. The summed E-state index contributed by atoms with van der Waals surface area (Å²) < 4.78 is 5.58. The minimum absolute atomic E-state index is 0.0126. The van der Waals surface area contributed by atoms with Crippen molar-refractivity contribution in [3.63, 3.8) is 0 Å². The second-order valence-corrected chi connectivity index (χ2v) is 8.36. The van der Waals surface area contributed by atoms with E-state index in [4.69, 9.17) is 4.74 Å². The summed E-state index contributed by atoms with van der Waals surface area (Å²) in [5.41, 5.74) is 4.20. The lowest BCUT2D eigenvalue weighted by Crippen LogP contribution is -2.35. The maximum absolute atomic E-state index is 13.2. The minimum Gasteiger partial charge on any atom is -0.493 e. The van der Waals surface area contributed by atoms with Crippen molar-refractivity contribution in [3.8, 4) is 17.0 Å². The third kappa shape index (κ3) is 3.78. The molecule has 0 saturated carbocycles. The van der Waals surface area contributed by atoms with E-state index in [1.54, 1.807) is 0 Å². The average molecular weight is 406 g/mol. The van der Waals surface area contributed by atoms with Gasteiger partial charge in [0, 0.05) is 17.4 Å². The molecule has 0 aliphatic carbocycles. The number of rotatable bonds is 5. The molecule has 3 aromatic rings. The Balaban J connectivity index is 1.36. The zero-order valence-corrected chi connectivity index (χ0v) is 17.0. The Morgan fingerprint density at radius 2 is 1.97 bits per heavy atom. The van der Waals surface area contributed by atoms with E-state index >= 15 is 0 Å². The van der Waals surface area contributed by atoms with E-state index in [-0.39, 0.29) is 11.9 Å². The predicted molar refractivity (Wildman–Crippen MR) is 115 cm³/mol. The molecule has 1 fully saturated rings. The second-order valence-electron chi connectivity index (χ2n) is 7.50. The van der Waals surface area contributed by atoms with Gasteiger partial charge in [-0.15, -0.1) is 11.3 Å². The number of amides is 1. The van der Waals surface area contributed by atoms with Crippen molar-refractivity contribution in [2.75, 3.05) is 25.0 Å². The lowest BCUT2D eigenvalue weighted by molar-refractivity contribution is -0.121. The van der Waals surface area contributed by atoms with Gasteiger partial charge in [0.05, 0.1) is 12.3 Å². The Bertz CT molecular complexity index is 1010. The summed E-state index contributed by atoms with van der Waals surface area (Å²) in [5, 5.41) is 5.70. The summed E-state index contributed by atoms with van der Waals surface area (Å²) in [7, 11) is 0. The first kappa shape index (κ1) is 18.3. The summed E-state index contributed by atoms with van der Waals surface area (Å²) in [5.74, 6) is 0.954. The van der Waals surface area contributed by atoms with E-state index in [1.807, 2.05) is 47.8 Å². The Hall–Kier alpha value is -2.70. The fourth-order valence-electron chi connectivity index (χ4n) is 4.15. The van der Waals surface area contributed by atoms with Crippen LogP contribution in [0.4, 0.5) is 5.13 Å². The lowest BCUT2D eigenvalue weighted by atomic mass is 10.0. The molecule has 5 rings (SSSR count). The van der Waals surface area contributed by atoms with E-state index in [0.717, 1.165) is 61.5 Å². The number of aromatic nitrogens is 1. The largest absolute Gasteiger partial charge is 0.493 e. The van der Waals surface area contributed by atoms with Crippen molar-refractivity contribution in [2.45, 2.75) is 25.3 Å². The van der Waals surface area contributed by atoms with Crippen LogP contribution in [0, 0.1) is 0 Å². The maximum Gasteiger partial charge on any atom is 0.248 e. The third-order valence-electron chi connectivity index (χ3n) is 5.59. The van der Waals surface area contributed by atoms with E-state index in [1.165, 1.54) is 16.9 Å². The fraction of sp³-hybridized carbons (Fsp3) is 0.304. The molecular formula is C23H23N3O2S. The standard InChI is InChI=1S/C23H23N3O2S/c27-22(21(26-11-4-5-12-26)16-6-2-1-3-7-16)25-23-24-19(15-29-23)17-8-9-20-18(14-17)10-13-28-20/h1-3,6-9,14-15,21H,4-5,10-13H2,(H,24,25,27). The Morgan fingerprint density at radius 3 is 2.79 bits per heavy atom. The van der Waals surface area contributed by atoms with Crippen molar-refractivity contribution in [1.82, 2.24) is 9.88 Å². The molecule has 3 heterocycles. The molecule has 1 unspecified atom stereocenters. The lowest BCUT2D eigenvalue weighted by Gasteiger charge is -2.26. The van der Waals surface area contributed by atoms with Crippen molar-refractivity contribution in [3.05, 3.63) is 65.0 Å². The van der Waals surface area contributed by atoms with Crippen LogP contribution in [-0.4, -0.2) is 35.5 Å². The summed E-state index contributed by atoms with van der Waals surface area (Å²) in [6, 6.07) is 15.9. The van der Waals surface area contributed by atoms with Gasteiger partial charge in [0.15, 0.2) is 5.13 Å². The van der Waals surface area contributed by atoms with Gasteiger partial charge in [-0.1, -0.05) is 30.3 Å². The first-order valence-corrected chi connectivity index (χ1v) is 11.0. The van der Waals surface area contributed by atoms with E-state index < -0.39 is 0 Å². The molecule has 1 aromatic heterocycles. The van der Waals surface area contributed by atoms with Crippen LogP contribution in [0.25, 0.3) is 11.3 Å². The van der Waals surface area contributed by atoms with Gasteiger partial charge in [-0.25, -0.2) is 4.98 Å². The number of likely N-dealkylation sites (tertiary alicyclic amines) is 1. The molecule has 0 spiro atoms. The summed E-state index contributed by atoms with van der Waals surface area (Å²) >= 11 is 1.47. The first-order chi connectivity index (χ1) is 14.3. The summed E-state index contributed by atoms with van der Waals surface area (Å²) in [6.07, 6.45) is 3.21. The number of carbonyl (C=O) groups excluding carboxylic acids is 1. The van der Waals surface area contributed by atoms with Gasteiger partial charge in [-0.3, -0.25) is 9.69 Å². The number of carbonyl (C=O) groups is 1. The minimum atomic E-state index is -0.275. The van der Waals surface area contributed by atoms with Gasteiger partial charge in [0.2, 0.25) is 5.91 Å². The third-order valence-corrected chi connectivity index (χ3v) is 6.35. The number of nitrogens with one attached hydrogen (secondary N) is 1. The summed E-state index contributed by atoms with van der Waals surface area (Å²) in [6.45, 7) is 2.65. The molecule has 1 atom stereocenters. The van der Waals surface area contributed by atoms with Crippen LogP contribution in [0.3, 0.4) is 0 Å². The van der Waals surface area contributed by atoms with Gasteiger partial charge < -0.3 is 10.1 Å².